The van der Waals surface area contributed by atoms with Gasteiger partial charge in [0.1, 0.15) is 11.5 Å². The Balaban J connectivity index is 1.43. The van der Waals surface area contributed by atoms with Crippen molar-refractivity contribution in [1.29, 1.82) is 0 Å². The zero-order valence-electron chi connectivity index (χ0n) is 24.8. The molecule has 0 spiro atoms. The lowest BCUT2D eigenvalue weighted by molar-refractivity contribution is -0.124. The molecule has 10 heteroatoms. The summed E-state index contributed by atoms with van der Waals surface area (Å²) in [6.07, 6.45) is 0. The molecule has 4 N–H and O–H groups in total. The maximum absolute atomic E-state index is 12.4. The van der Waals surface area contributed by atoms with Crippen LogP contribution < -0.4 is 31.2 Å². The Morgan fingerprint density at radius 3 is 1.26 bits per heavy atom. The van der Waals surface area contributed by atoms with Crippen molar-refractivity contribution in [3.05, 3.63) is 94.0 Å². The summed E-state index contributed by atoms with van der Waals surface area (Å²) in [4.78, 5) is 49.4. The number of hydrogen-bond acceptors (Lipinski definition) is 6. The number of benzene rings is 3. The summed E-state index contributed by atoms with van der Waals surface area (Å²) in [5, 5.41) is 0. The van der Waals surface area contributed by atoms with Gasteiger partial charge in [0.15, 0.2) is 13.2 Å². The Labute approximate surface area is 246 Å². The van der Waals surface area contributed by atoms with Gasteiger partial charge in [-0.2, -0.15) is 0 Å². The molecule has 0 aliphatic rings. The number of hydrogen-bond donors (Lipinski definition) is 4. The molecule has 0 aromatic heterocycles. The average molecular weight is 575 g/mol. The predicted molar refractivity (Wildman–Crippen MR) is 159 cm³/mol. The van der Waals surface area contributed by atoms with Gasteiger partial charge in [-0.1, -0.05) is 52.0 Å². The third-order valence-corrected chi connectivity index (χ3v) is 6.34. The molecule has 222 valence electrons. The zero-order valence-corrected chi connectivity index (χ0v) is 24.8. The van der Waals surface area contributed by atoms with Crippen LogP contribution in [0.3, 0.4) is 0 Å². The van der Waals surface area contributed by atoms with Gasteiger partial charge in [-0.3, -0.25) is 40.9 Å². The average Bonchev–Trinajstić information content (AvgIpc) is 2.96. The van der Waals surface area contributed by atoms with E-state index in [-0.39, 0.29) is 36.2 Å². The monoisotopic (exact) mass is 574 g/mol. The molecule has 0 atom stereocenters. The number of ether oxygens (including phenoxy) is 2. The lowest BCUT2D eigenvalue weighted by Crippen LogP contribution is -2.44. The first-order chi connectivity index (χ1) is 19.9. The minimum Gasteiger partial charge on any atom is -0.483 e. The summed E-state index contributed by atoms with van der Waals surface area (Å²) in [5.74, 6) is -0.517. The summed E-state index contributed by atoms with van der Waals surface area (Å²) in [5.41, 5.74) is 13.7. The minimum atomic E-state index is -0.573. The molecular weight excluding hydrogens is 536 g/mol. The topological polar surface area (TPSA) is 135 Å². The molecule has 0 bridgehead atoms. The van der Waals surface area contributed by atoms with Crippen LogP contribution in [0.5, 0.6) is 11.5 Å². The standard InChI is InChI=1S/C32H38N4O6/c1-19(2)25-13-7-21(5)15-27(25)41-17-29(37)33-35-31(39)23-9-11-24(12-10-23)32(40)36-34-30(38)18-42-28-16-22(6)8-14-26(28)20(3)4/h7-16,19-20H,17-18H2,1-6H3,(H,33,37)(H,34,38)(H,35,39)(H,36,40). The molecule has 0 radical (unpaired) electrons. The highest BCUT2D eigenvalue weighted by Crippen LogP contribution is 2.28. The molecule has 3 aromatic carbocycles. The van der Waals surface area contributed by atoms with Crippen LogP contribution in [0.4, 0.5) is 0 Å². The number of carbonyl (C=O) groups is 4. The van der Waals surface area contributed by atoms with E-state index >= 15 is 0 Å². The first-order valence-corrected chi connectivity index (χ1v) is 13.7. The number of nitrogens with one attached hydrogen (secondary N) is 4. The summed E-state index contributed by atoms with van der Waals surface area (Å²) in [7, 11) is 0. The first-order valence-electron chi connectivity index (χ1n) is 13.7. The molecule has 0 saturated carbocycles. The fourth-order valence-corrected chi connectivity index (χ4v) is 4.02. The molecule has 42 heavy (non-hydrogen) atoms. The SMILES string of the molecule is Cc1ccc(C(C)C)c(OCC(=O)NNC(=O)c2ccc(C(=O)NNC(=O)COc3cc(C)ccc3C(C)C)cc2)c1. The quantitative estimate of drug-likeness (QED) is 0.268. The molecule has 4 amide bonds. The molecule has 0 aliphatic carbocycles. The second-order valence-corrected chi connectivity index (χ2v) is 10.6. The molecule has 10 nitrogen and oxygen atoms in total. The van der Waals surface area contributed by atoms with E-state index < -0.39 is 23.6 Å². The van der Waals surface area contributed by atoms with Crippen molar-refractivity contribution < 1.29 is 28.7 Å². The van der Waals surface area contributed by atoms with Crippen LogP contribution in [0.1, 0.15) is 82.5 Å². The third-order valence-electron chi connectivity index (χ3n) is 6.34. The van der Waals surface area contributed by atoms with Gasteiger partial charge in [0.2, 0.25) is 0 Å². The van der Waals surface area contributed by atoms with Crippen LogP contribution in [0.25, 0.3) is 0 Å². The normalized spacial score (nSPS) is 10.7. The van der Waals surface area contributed by atoms with E-state index in [9.17, 15) is 19.2 Å². The van der Waals surface area contributed by atoms with Crippen molar-refractivity contribution in [3.8, 4) is 11.5 Å². The second-order valence-electron chi connectivity index (χ2n) is 10.6. The number of hydrazine groups is 2. The van der Waals surface area contributed by atoms with Crippen LogP contribution in [-0.4, -0.2) is 36.8 Å². The Morgan fingerprint density at radius 1 is 0.571 bits per heavy atom. The molecule has 0 unspecified atom stereocenters. The van der Waals surface area contributed by atoms with E-state index in [0.29, 0.717) is 11.5 Å². The van der Waals surface area contributed by atoms with Crippen molar-refractivity contribution in [3.63, 3.8) is 0 Å². The summed E-state index contributed by atoms with van der Waals surface area (Å²) < 4.78 is 11.3. The molecule has 0 aliphatic heterocycles. The molecule has 3 rings (SSSR count). The number of rotatable bonds is 10. The highest BCUT2D eigenvalue weighted by atomic mass is 16.5. The number of amides is 4. The van der Waals surface area contributed by atoms with Crippen molar-refractivity contribution in [2.24, 2.45) is 0 Å². The van der Waals surface area contributed by atoms with Crippen molar-refractivity contribution >= 4 is 23.6 Å². The van der Waals surface area contributed by atoms with E-state index in [1.54, 1.807) is 0 Å². The van der Waals surface area contributed by atoms with Crippen LogP contribution in [0.15, 0.2) is 60.7 Å². The van der Waals surface area contributed by atoms with E-state index in [1.165, 1.54) is 24.3 Å². The first kappa shape index (κ1) is 31.7. The molecule has 3 aromatic rings. The Morgan fingerprint density at radius 2 is 0.929 bits per heavy atom. The highest BCUT2D eigenvalue weighted by Gasteiger charge is 2.14. The van der Waals surface area contributed by atoms with Gasteiger partial charge in [-0.05, 0) is 84.3 Å². The largest absolute Gasteiger partial charge is 0.483 e. The fourth-order valence-electron chi connectivity index (χ4n) is 4.02. The number of carbonyl (C=O) groups excluding carboxylic acids is 4. The second kappa shape index (κ2) is 14.7. The Bertz CT molecular complexity index is 1320. The van der Waals surface area contributed by atoms with E-state index in [0.717, 1.165) is 22.3 Å². The Kier molecular flexibility index (Phi) is 11.1. The van der Waals surface area contributed by atoms with E-state index in [1.807, 2.05) is 77.9 Å². The Hall–Kier alpha value is -4.86. The third kappa shape index (κ3) is 9.09. The van der Waals surface area contributed by atoms with Crippen LogP contribution in [0, 0.1) is 13.8 Å². The van der Waals surface area contributed by atoms with Gasteiger partial charge in [-0.15, -0.1) is 0 Å². The lowest BCUT2D eigenvalue weighted by Gasteiger charge is -2.15. The van der Waals surface area contributed by atoms with Crippen molar-refractivity contribution in [2.75, 3.05) is 13.2 Å². The van der Waals surface area contributed by atoms with E-state index in [2.05, 4.69) is 21.7 Å². The van der Waals surface area contributed by atoms with Gasteiger partial charge < -0.3 is 9.47 Å². The highest BCUT2D eigenvalue weighted by molar-refractivity contribution is 5.98. The van der Waals surface area contributed by atoms with Crippen LogP contribution >= 0.6 is 0 Å². The van der Waals surface area contributed by atoms with Gasteiger partial charge in [0.25, 0.3) is 23.6 Å². The van der Waals surface area contributed by atoms with Crippen LogP contribution in [-0.2, 0) is 9.59 Å². The smallest absolute Gasteiger partial charge is 0.276 e. The maximum Gasteiger partial charge on any atom is 0.276 e. The maximum atomic E-state index is 12.4. The molecule has 0 saturated heterocycles. The summed E-state index contributed by atoms with van der Waals surface area (Å²) >= 11 is 0. The summed E-state index contributed by atoms with van der Waals surface area (Å²) in [6, 6.07) is 17.3. The lowest BCUT2D eigenvalue weighted by atomic mass is 10.0. The van der Waals surface area contributed by atoms with Gasteiger partial charge in [0.05, 0.1) is 0 Å². The zero-order chi connectivity index (χ0) is 30.8. The van der Waals surface area contributed by atoms with Gasteiger partial charge in [-0.25, -0.2) is 0 Å². The minimum absolute atomic E-state index is 0.213. The van der Waals surface area contributed by atoms with Crippen molar-refractivity contribution in [2.45, 2.75) is 53.4 Å². The molecular formula is C32H38N4O6. The van der Waals surface area contributed by atoms with Crippen molar-refractivity contribution in [1.82, 2.24) is 21.7 Å². The number of aryl methyl sites for hydroxylation is 2. The fraction of sp³-hybridized carbons (Fsp3) is 0.312. The molecule has 0 fully saturated rings. The van der Waals surface area contributed by atoms with Crippen LogP contribution in [0.2, 0.25) is 0 Å². The van der Waals surface area contributed by atoms with Gasteiger partial charge in [0, 0.05) is 11.1 Å². The predicted octanol–water partition coefficient (Wildman–Crippen LogP) is 4.23. The van der Waals surface area contributed by atoms with E-state index in [4.69, 9.17) is 9.47 Å². The molecule has 0 heterocycles. The summed E-state index contributed by atoms with van der Waals surface area (Å²) in [6.45, 7) is 11.5. The van der Waals surface area contributed by atoms with Gasteiger partial charge >= 0.3 is 0 Å².